The summed E-state index contributed by atoms with van der Waals surface area (Å²) in [5.74, 6) is -0.840. The van der Waals surface area contributed by atoms with Gasteiger partial charge in [-0.05, 0) is 12.8 Å². The molecule has 28 heavy (non-hydrogen) atoms. The Bertz CT molecular complexity index is 348. The molecule has 0 radical (unpaired) electrons. The normalized spacial score (nSPS) is 11.0. The molecule has 2 nitrogen and oxygen atoms in total. The van der Waals surface area contributed by atoms with Crippen LogP contribution in [0.5, 0.6) is 0 Å². The van der Waals surface area contributed by atoms with Crippen molar-refractivity contribution in [3.05, 3.63) is 12.2 Å². The van der Waals surface area contributed by atoms with Crippen molar-refractivity contribution in [2.75, 3.05) is 0 Å². The van der Waals surface area contributed by atoms with Crippen molar-refractivity contribution >= 4 is 5.97 Å². The van der Waals surface area contributed by atoms with E-state index in [0.29, 0.717) is 12.0 Å². The van der Waals surface area contributed by atoms with E-state index >= 15 is 0 Å². The first-order chi connectivity index (χ1) is 13.7. The lowest BCUT2D eigenvalue weighted by Gasteiger charge is -2.04. The molecule has 0 aromatic heterocycles. The molecule has 0 aromatic rings. The summed E-state index contributed by atoms with van der Waals surface area (Å²) < 4.78 is 0. The third-order valence-electron chi connectivity index (χ3n) is 5.88. The molecule has 0 aliphatic carbocycles. The maximum Gasteiger partial charge on any atom is 0.330 e. The fraction of sp³-hybridized carbons (Fsp3) is 0.885. The zero-order chi connectivity index (χ0) is 20.7. The third-order valence-corrected chi connectivity index (χ3v) is 5.88. The number of aliphatic carboxylic acids is 1. The first kappa shape index (κ1) is 27.2. The maximum atomic E-state index is 10.6. The van der Waals surface area contributed by atoms with Crippen LogP contribution in [0.3, 0.4) is 0 Å². The van der Waals surface area contributed by atoms with Crippen LogP contribution >= 0.6 is 0 Å². The molecule has 1 N–H and O–H groups in total. The summed E-state index contributed by atoms with van der Waals surface area (Å²) in [7, 11) is 0. The van der Waals surface area contributed by atoms with E-state index in [1.54, 1.807) is 0 Å². The van der Waals surface area contributed by atoms with E-state index < -0.39 is 5.97 Å². The van der Waals surface area contributed by atoms with Gasteiger partial charge in [0.15, 0.2) is 0 Å². The largest absolute Gasteiger partial charge is 0.478 e. The van der Waals surface area contributed by atoms with Gasteiger partial charge >= 0.3 is 5.97 Å². The van der Waals surface area contributed by atoms with Crippen LogP contribution < -0.4 is 0 Å². The Kier molecular flexibility index (Phi) is 21.9. The molecule has 0 aromatic carbocycles. The predicted molar refractivity (Wildman–Crippen MR) is 124 cm³/mol. The lowest BCUT2D eigenvalue weighted by molar-refractivity contribution is -0.132. The number of hydrogen-bond donors (Lipinski definition) is 1. The van der Waals surface area contributed by atoms with Crippen LogP contribution in [0, 0.1) is 0 Å². The van der Waals surface area contributed by atoms with E-state index in [4.69, 9.17) is 5.11 Å². The summed E-state index contributed by atoms with van der Waals surface area (Å²) >= 11 is 0. The van der Waals surface area contributed by atoms with Gasteiger partial charge in [0.1, 0.15) is 0 Å². The number of carboxylic acids is 1. The predicted octanol–water partition coefficient (Wildman–Crippen LogP) is 9.23. The Hall–Kier alpha value is -0.790. The first-order valence-corrected chi connectivity index (χ1v) is 12.6. The van der Waals surface area contributed by atoms with Crippen LogP contribution in [0.1, 0.15) is 148 Å². The van der Waals surface area contributed by atoms with Crippen molar-refractivity contribution in [3.63, 3.8) is 0 Å². The smallest absolute Gasteiger partial charge is 0.330 e. The van der Waals surface area contributed by atoms with Gasteiger partial charge in [0.25, 0.3) is 0 Å². The average Bonchev–Trinajstić information content (AvgIpc) is 2.68. The highest BCUT2D eigenvalue weighted by molar-refractivity contribution is 5.85. The van der Waals surface area contributed by atoms with E-state index in [9.17, 15) is 4.79 Å². The Morgan fingerprint density at radius 1 is 0.536 bits per heavy atom. The van der Waals surface area contributed by atoms with Gasteiger partial charge in [-0.25, -0.2) is 4.79 Å². The molecule has 166 valence electrons. The van der Waals surface area contributed by atoms with Gasteiger partial charge < -0.3 is 5.11 Å². The van der Waals surface area contributed by atoms with E-state index in [0.717, 1.165) is 12.8 Å². The molecule has 0 atom stereocenters. The molecule has 0 aliphatic heterocycles. The Labute approximate surface area is 176 Å². The van der Waals surface area contributed by atoms with Crippen LogP contribution in [-0.2, 0) is 4.79 Å². The molecule has 0 fully saturated rings. The third kappa shape index (κ3) is 21.5. The Morgan fingerprint density at radius 2 is 0.786 bits per heavy atom. The van der Waals surface area contributed by atoms with E-state index in [2.05, 4.69) is 13.5 Å². The van der Waals surface area contributed by atoms with Crippen molar-refractivity contribution in [1.82, 2.24) is 0 Å². The summed E-state index contributed by atoms with van der Waals surface area (Å²) in [5, 5.41) is 8.75. The first-order valence-electron chi connectivity index (χ1n) is 12.6. The molecule has 0 saturated carbocycles. The lowest BCUT2D eigenvalue weighted by atomic mass is 10.0. The number of carboxylic acid groups (broad SMARTS) is 1. The van der Waals surface area contributed by atoms with E-state index in [-0.39, 0.29) is 0 Å². The highest BCUT2D eigenvalue weighted by Gasteiger charge is 2.02. The number of rotatable bonds is 23. The molecule has 0 unspecified atom stereocenters. The Morgan fingerprint density at radius 3 is 1.04 bits per heavy atom. The summed E-state index contributed by atoms with van der Waals surface area (Å²) in [4.78, 5) is 10.6. The summed E-state index contributed by atoms with van der Waals surface area (Å²) in [6, 6.07) is 0. The van der Waals surface area contributed by atoms with E-state index in [1.807, 2.05) is 0 Å². The highest BCUT2D eigenvalue weighted by atomic mass is 16.4. The molecule has 2 heteroatoms. The van der Waals surface area contributed by atoms with Crippen LogP contribution in [-0.4, -0.2) is 11.1 Å². The van der Waals surface area contributed by atoms with Crippen LogP contribution in [0.15, 0.2) is 12.2 Å². The van der Waals surface area contributed by atoms with Crippen LogP contribution in [0.25, 0.3) is 0 Å². The van der Waals surface area contributed by atoms with Gasteiger partial charge in [0.2, 0.25) is 0 Å². The minimum absolute atomic E-state index is 0.359. The Balaban J connectivity index is 3.05. The summed E-state index contributed by atoms with van der Waals surface area (Å²) in [6.07, 6.45) is 29.6. The molecular formula is C26H50O2. The molecule has 0 amide bonds. The average molecular weight is 395 g/mol. The standard InChI is InChI=1S/C26H50O2/c1-3-4-5-6-7-8-9-10-11-12-13-14-15-16-17-18-19-20-21-22-23-24-25(2)26(27)28/h2-24H2,1H3,(H,27,28). The van der Waals surface area contributed by atoms with Crippen LogP contribution in [0.4, 0.5) is 0 Å². The van der Waals surface area contributed by atoms with Crippen LogP contribution in [0.2, 0.25) is 0 Å². The van der Waals surface area contributed by atoms with Crippen molar-refractivity contribution in [2.24, 2.45) is 0 Å². The SMILES string of the molecule is C=C(CCCCCCCCCCCCCCCCCCCCCCC)C(=O)O. The van der Waals surface area contributed by atoms with Gasteiger partial charge in [0.05, 0.1) is 0 Å². The monoisotopic (exact) mass is 394 g/mol. The second-order valence-electron chi connectivity index (χ2n) is 8.73. The fourth-order valence-corrected chi connectivity index (χ4v) is 3.88. The minimum Gasteiger partial charge on any atom is -0.478 e. The molecule has 0 bridgehead atoms. The van der Waals surface area contributed by atoms with Crippen molar-refractivity contribution < 1.29 is 9.90 Å². The molecule has 0 rings (SSSR count). The highest BCUT2D eigenvalue weighted by Crippen LogP contribution is 2.15. The van der Waals surface area contributed by atoms with Gasteiger partial charge in [-0.1, -0.05) is 142 Å². The summed E-state index contributed by atoms with van der Waals surface area (Å²) in [6.45, 7) is 5.86. The van der Waals surface area contributed by atoms with E-state index in [1.165, 1.54) is 122 Å². The maximum absolute atomic E-state index is 10.6. The molecular weight excluding hydrogens is 344 g/mol. The number of unbranched alkanes of at least 4 members (excludes halogenated alkanes) is 20. The quantitative estimate of drug-likeness (QED) is 0.138. The zero-order valence-electron chi connectivity index (χ0n) is 19.1. The topological polar surface area (TPSA) is 37.3 Å². The van der Waals surface area contributed by atoms with Gasteiger partial charge in [-0.3, -0.25) is 0 Å². The number of carbonyl (C=O) groups is 1. The minimum atomic E-state index is -0.840. The van der Waals surface area contributed by atoms with Gasteiger partial charge in [-0.15, -0.1) is 0 Å². The molecule has 0 spiro atoms. The second-order valence-corrected chi connectivity index (χ2v) is 8.73. The summed E-state index contributed by atoms with van der Waals surface area (Å²) in [5.41, 5.74) is 0.359. The zero-order valence-corrected chi connectivity index (χ0v) is 19.1. The fourth-order valence-electron chi connectivity index (χ4n) is 3.88. The van der Waals surface area contributed by atoms with Crippen molar-refractivity contribution in [3.8, 4) is 0 Å². The molecule has 0 heterocycles. The lowest BCUT2D eigenvalue weighted by Crippen LogP contribution is -1.98. The van der Waals surface area contributed by atoms with Gasteiger partial charge in [-0.2, -0.15) is 0 Å². The second kappa shape index (κ2) is 22.5. The van der Waals surface area contributed by atoms with Crippen molar-refractivity contribution in [2.45, 2.75) is 148 Å². The van der Waals surface area contributed by atoms with Gasteiger partial charge in [0, 0.05) is 5.57 Å². The molecule has 0 saturated heterocycles. The van der Waals surface area contributed by atoms with Crippen molar-refractivity contribution in [1.29, 1.82) is 0 Å². The number of hydrogen-bond acceptors (Lipinski definition) is 1. The molecule has 0 aliphatic rings.